The lowest BCUT2D eigenvalue weighted by molar-refractivity contribution is 1.46. The summed E-state index contributed by atoms with van der Waals surface area (Å²) >= 11 is 0. The predicted molar refractivity (Wildman–Crippen MR) is 53.4 cm³/mol. The van der Waals surface area contributed by atoms with Gasteiger partial charge in [-0.3, -0.25) is 0 Å². The van der Waals surface area contributed by atoms with Gasteiger partial charge in [-0.2, -0.15) is 0 Å². The highest BCUT2D eigenvalue weighted by Gasteiger charge is 1.97. The Morgan fingerprint density at radius 3 is 1.75 bits per heavy atom. The van der Waals surface area contributed by atoms with Crippen molar-refractivity contribution in [2.45, 2.75) is 13.7 Å². The third kappa shape index (κ3) is 1.00. The van der Waals surface area contributed by atoms with Crippen LogP contribution in [0.15, 0.2) is 36.4 Å². The van der Waals surface area contributed by atoms with Gasteiger partial charge >= 0.3 is 0 Å². The molecule has 0 N–H and O–H groups in total. The third-order valence-corrected chi connectivity index (χ3v) is 1.92. The van der Waals surface area contributed by atoms with E-state index in [1.54, 1.807) is 24.3 Å². The molecule has 0 aliphatic carbocycles. The zero-order chi connectivity index (χ0) is 13.6. The van der Waals surface area contributed by atoms with Gasteiger partial charge in [0, 0.05) is 8.22 Å². The van der Waals surface area contributed by atoms with E-state index in [4.69, 9.17) is 8.22 Å². The van der Waals surface area contributed by atoms with Gasteiger partial charge in [-0.15, -0.1) is 0 Å². The van der Waals surface area contributed by atoms with E-state index in [0.717, 1.165) is 0 Å². The Morgan fingerprint density at radius 2 is 1.33 bits per heavy atom. The van der Waals surface area contributed by atoms with Crippen LogP contribution in [0.5, 0.6) is 0 Å². The minimum atomic E-state index is -2.24. The molecule has 0 nitrogen and oxygen atoms in total. The summed E-state index contributed by atoms with van der Waals surface area (Å²) in [7, 11) is 0. The van der Waals surface area contributed by atoms with Crippen molar-refractivity contribution >= 4 is 10.8 Å². The lowest BCUT2D eigenvalue weighted by Gasteiger charge is -2.03. The van der Waals surface area contributed by atoms with Gasteiger partial charge in [0.15, 0.2) is 0 Å². The molecular weight excluding hydrogens is 144 g/mol. The third-order valence-electron chi connectivity index (χ3n) is 1.92. The highest BCUT2D eigenvalue weighted by atomic mass is 14.0. The van der Waals surface area contributed by atoms with Crippen LogP contribution in [0.3, 0.4) is 0 Å². The Bertz CT molecular complexity index is 527. The summed E-state index contributed by atoms with van der Waals surface area (Å²) in [4.78, 5) is 0. The van der Waals surface area contributed by atoms with Crippen molar-refractivity contribution in [3.05, 3.63) is 47.5 Å². The topological polar surface area (TPSA) is 0 Å². The molecule has 0 aliphatic heterocycles. The van der Waals surface area contributed by atoms with Crippen LogP contribution in [0.2, 0.25) is 0 Å². The summed E-state index contributed by atoms with van der Waals surface area (Å²) in [6.45, 7) is -4.49. The van der Waals surface area contributed by atoms with Crippen molar-refractivity contribution in [1.29, 1.82) is 0 Å². The first-order chi connectivity index (χ1) is 8.21. The second-order valence-corrected chi connectivity index (χ2v) is 2.71. The van der Waals surface area contributed by atoms with Gasteiger partial charge in [0.25, 0.3) is 0 Å². The Kier molecular flexibility index (Phi) is 0.705. The number of hydrogen-bond donors (Lipinski definition) is 0. The van der Waals surface area contributed by atoms with E-state index in [2.05, 4.69) is 0 Å². The smallest absolute Gasteiger partial charge is 0.0280 e. The Morgan fingerprint density at radius 1 is 0.833 bits per heavy atom. The van der Waals surface area contributed by atoms with E-state index < -0.39 is 13.7 Å². The number of aryl methyl sites for hydroxylation is 2. The van der Waals surface area contributed by atoms with Crippen LogP contribution in [0, 0.1) is 13.7 Å². The molecule has 2 aromatic carbocycles. The zero-order valence-corrected chi connectivity index (χ0v) is 6.46. The highest BCUT2D eigenvalue weighted by molar-refractivity contribution is 5.88. The minimum Gasteiger partial charge on any atom is -0.0616 e. The first kappa shape index (κ1) is 3.21. The van der Waals surface area contributed by atoms with Gasteiger partial charge in [0.1, 0.15) is 0 Å². The van der Waals surface area contributed by atoms with Crippen LogP contribution in [-0.4, -0.2) is 0 Å². The van der Waals surface area contributed by atoms with Gasteiger partial charge < -0.3 is 0 Å². The fraction of sp³-hybridized carbons (Fsp3) is 0.167. The van der Waals surface area contributed by atoms with E-state index in [9.17, 15) is 0 Å². The number of hydrogen-bond acceptors (Lipinski definition) is 0. The molecule has 0 amide bonds. The van der Waals surface area contributed by atoms with Gasteiger partial charge in [0.05, 0.1) is 0 Å². The van der Waals surface area contributed by atoms with Crippen LogP contribution in [0.25, 0.3) is 10.8 Å². The molecule has 0 saturated heterocycles. The molecule has 0 saturated carbocycles. The monoisotopic (exact) mass is 162 g/mol. The van der Waals surface area contributed by atoms with E-state index in [-0.39, 0.29) is 11.1 Å². The molecule has 0 heteroatoms. The summed E-state index contributed by atoms with van der Waals surface area (Å²) in [5.74, 6) is 0. The van der Waals surface area contributed by atoms with Crippen molar-refractivity contribution in [1.82, 2.24) is 0 Å². The molecule has 0 spiro atoms. The molecule has 2 aromatic rings. The van der Waals surface area contributed by atoms with Crippen molar-refractivity contribution in [2.24, 2.45) is 0 Å². The first-order valence-corrected chi connectivity index (χ1v) is 3.74. The Balaban J connectivity index is 2.83. The molecule has 0 aromatic heterocycles. The molecule has 0 unspecified atom stereocenters. The molecular formula is C12H12. The molecule has 0 heterocycles. The second kappa shape index (κ2) is 2.63. The van der Waals surface area contributed by atoms with Crippen LogP contribution in [-0.2, 0) is 0 Å². The number of benzene rings is 2. The quantitative estimate of drug-likeness (QED) is 0.556. The zero-order valence-electron chi connectivity index (χ0n) is 12.5. The van der Waals surface area contributed by atoms with Crippen molar-refractivity contribution < 1.29 is 8.22 Å². The Labute approximate surface area is 81.3 Å². The van der Waals surface area contributed by atoms with Gasteiger partial charge in [-0.1, -0.05) is 36.4 Å². The molecule has 0 bridgehead atoms. The number of fused-ring (bicyclic) bond motifs is 1. The molecule has 0 fully saturated rings. The maximum atomic E-state index is 7.47. The summed E-state index contributed by atoms with van der Waals surface area (Å²) in [6, 6.07) is 9.48. The largest absolute Gasteiger partial charge is 0.0616 e. The van der Waals surface area contributed by atoms with Crippen LogP contribution >= 0.6 is 0 Å². The average Bonchev–Trinajstić information content (AvgIpc) is 2.24. The molecule has 0 atom stereocenters. The standard InChI is InChI=1S/C12H12/c1-9-7-8-10(2)12-6-4-3-5-11(9)12/h3-8H,1-2H3/i1D3,2D3. The van der Waals surface area contributed by atoms with Gasteiger partial charge in [-0.05, 0) is 35.6 Å². The maximum Gasteiger partial charge on any atom is 0.0280 e. The molecule has 0 radical (unpaired) electrons. The average molecular weight is 162 g/mol. The lowest BCUT2D eigenvalue weighted by Crippen LogP contribution is -1.80. The fourth-order valence-electron chi connectivity index (χ4n) is 1.30. The predicted octanol–water partition coefficient (Wildman–Crippen LogP) is 3.46. The normalized spacial score (nSPS) is 20.0. The van der Waals surface area contributed by atoms with Crippen molar-refractivity contribution in [2.75, 3.05) is 0 Å². The summed E-state index contributed by atoms with van der Waals surface area (Å²) < 4.78 is 44.8. The summed E-state index contributed by atoms with van der Waals surface area (Å²) in [5.41, 5.74) is 0.372. The first-order valence-electron chi connectivity index (χ1n) is 6.74. The van der Waals surface area contributed by atoms with Crippen LogP contribution < -0.4 is 0 Å². The van der Waals surface area contributed by atoms with E-state index >= 15 is 0 Å². The Hall–Kier alpha value is -1.30. The van der Waals surface area contributed by atoms with Crippen molar-refractivity contribution in [3.8, 4) is 0 Å². The lowest BCUT2D eigenvalue weighted by atomic mass is 10.0. The fourth-order valence-corrected chi connectivity index (χ4v) is 1.30. The highest BCUT2D eigenvalue weighted by Crippen LogP contribution is 2.20. The molecule has 0 aliphatic rings. The minimum absolute atomic E-state index is 0.186. The maximum absolute atomic E-state index is 7.47. The number of rotatable bonds is 0. The summed E-state index contributed by atoms with van der Waals surface area (Å²) in [6.07, 6.45) is 0. The van der Waals surface area contributed by atoms with Crippen LogP contribution in [0.4, 0.5) is 0 Å². The summed E-state index contributed by atoms with van der Waals surface area (Å²) in [5, 5.41) is 0.956. The van der Waals surface area contributed by atoms with Crippen LogP contribution in [0.1, 0.15) is 19.4 Å². The van der Waals surface area contributed by atoms with Gasteiger partial charge in [0.2, 0.25) is 0 Å². The van der Waals surface area contributed by atoms with E-state index in [1.807, 2.05) is 0 Å². The molecule has 60 valence electrons. The second-order valence-electron chi connectivity index (χ2n) is 2.71. The van der Waals surface area contributed by atoms with E-state index in [0.29, 0.717) is 10.8 Å². The SMILES string of the molecule is [2H]C([2H])([2H])c1ccc(C([2H])([2H])[2H])c2ccccc12. The molecule has 2 rings (SSSR count). The molecule has 12 heavy (non-hydrogen) atoms. The van der Waals surface area contributed by atoms with E-state index in [1.165, 1.54) is 12.1 Å². The van der Waals surface area contributed by atoms with Gasteiger partial charge in [-0.25, -0.2) is 0 Å². The van der Waals surface area contributed by atoms with Crippen molar-refractivity contribution in [3.63, 3.8) is 0 Å².